The van der Waals surface area contributed by atoms with Crippen LogP contribution in [0, 0.1) is 13.8 Å². The highest BCUT2D eigenvalue weighted by Gasteiger charge is 2.06. The van der Waals surface area contributed by atoms with Crippen molar-refractivity contribution < 1.29 is 9.53 Å². The van der Waals surface area contributed by atoms with Gasteiger partial charge in [-0.2, -0.15) is 0 Å². The summed E-state index contributed by atoms with van der Waals surface area (Å²) in [7, 11) is 0. The van der Waals surface area contributed by atoms with Crippen LogP contribution in [0.25, 0.3) is 0 Å². The van der Waals surface area contributed by atoms with Crippen molar-refractivity contribution in [2.45, 2.75) is 26.7 Å². The lowest BCUT2D eigenvalue weighted by Crippen LogP contribution is -2.12. The van der Waals surface area contributed by atoms with Gasteiger partial charge in [0.15, 0.2) is 0 Å². The molecule has 0 aliphatic carbocycles. The molecule has 1 aromatic heterocycles. The first-order valence-electron chi connectivity index (χ1n) is 9.46. The minimum atomic E-state index is -0.0841. The molecule has 0 atom stereocenters. The van der Waals surface area contributed by atoms with Crippen molar-refractivity contribution in [3.8, 4) is 5.75 Å². The topological polar surface area (TPSA) is 76.1 Å². The second-order valence-electron chi connectivity index (χ2n) is 6.75. The number of nitrogens with one attached hydrogen (secondary N) is 2. The molecule has 0 aliphatic rings. The molecule has 2 N–H and O–H groups in total. The average molecular weight is 445 g/mol. The van der Waals surface area contributed by atoms with E-state index in [1.54, 1.807) is 18.2 Å². The lowest BCUT2D eigenvalue weighted by Gasteiger charge is -2.10. The number of ether oxygens (including phenoxy) is 1. The van der Waals surface area contributed by atoms with Crippen LogP contribution in [-0.2, 0) is 4.79 Å². The molecule has 156 valence electrons. The Morgan fingerprint density at radius 3 is 2.30 bits per heavy atom. The van der Waals surface area contributed by atoms with E-state index in [-0.39, 0.29) is 5.91 Å². The van der Waals surface area contributed by atoms with Gasteiger partial charge in [0.05, 0.1) is 11.6 Å². The standard InChI is InChI=1S/C22H22Cl2N4O2/c1-14-12-15(2)26-22(25-14)28-18-8-6-17(7-9-18)27-21(29)4-3-11-30-20-10-5-16(23)13-19(20)24/h5-10,12-13H,3-4,11H2,1-2H3,(H,27,29)(H,25,26,28). The number of rotatable bonds is 8. The van der Waals surface area contributed by atoms with E-state index in [1.165, 1.54) is 0 Å². The molecule has 1 heterocycles. The molecule has 0 saturated carbocycles. The van der Waals surface area contributed by atoms with Gasteiger partial charge in [-0.1, -0.05) is 23.2 Å². The number of benzene rings is 2. The fourth-order valence-electron chi connectivity index (χ4n) is 2.78. The molecule has 2 aromatic carbocycles. The molecular formula is C22H22Cl2N4O2. The summed E-state index contributed by atoms with van der Waals surface area (Å²) in [5, 5.41) is 7.03. The molecule has 0 radical (unpaired) electrons. The molecule has 0 bridgehead atoms. The second kappa shape index (κ2) is 10.3. The summed E-state index contributed by atoms with van der Waals surface area (Å²) in [6.45, 7) is 4.23. The Kier molecular flexibility index (Phi) is 7.49. The van der Waals surface area contributed by atoms with Crippen molar-refractivity contribution in [3.63, 3.8) is 0 Å². The minimum absolute atomic E-state index is 0.0841. The monoisotopic (exact) mass is 444 g/mol. The van der Waals surface area contributed by atoms with Gasteiger partial charge in [0.2, 0.25) is 11.9 Å². The smallest absolute Gasteiger partial charge is 0.227 e. The van der Waals surface area contributed by atoms with Crippen molar-refractivity contribution in [3.05, 3.63) is 70.0 Å². The van der Waals surface area contributed by atoms with Gasteiger partial charge in [0.1, 0.15) is 5.75 Å². The van der Waals surface area contributed by atoms with Crippen LogP contribution in [0.3, 0.4) is 0 Å². The van der Waals surface area contributed by atoms with Crippen LogP contribution < -0.4 is 15.4 Å². The Bertz CT molecular complexity index is 1010. The zero-order chi connectivity index (χ0) is 21.5. The Morgan fingerprint density at radius 1 is 0.967 bits per heavy atom. The molecule has 3 aromatic rings. The molecular weight excluding hydrogens is 423 g/mol. The van der Waals surface area contributed by atoms with Crippen LogP contribution in [0.2, 0.25) is 10.0 Å². The first-order valence-corrected chi connectivity index (χ1v) is 10.2. The predicted molar refractivity (Wildman–Crippen MR) is 121 cm³/mol. The molecule has 6 nitrogen and oxygen atoms in total. The third-order valence-corrected chi connectivity index (χ3v) is 4.64. The summed E-state index contributed by atoms with van der Waals surface area (Å²) in [6.07, 6.45) is 0.899. The number of anilines is 3. The van der Waals surface area contributed by atoms with Gasteiger partial charge in [-0.3, -0.25) is 4.79 Å². The van der Waals surface area contributed by atoms with Crippen molar-refractivity contribution in [2.75, 3.05) is 17.2 Å². The lowest BCUT2D eigenvalue weighted by molar-refractivity contribution is -0.116. The molecule has 0 fully saturated rings. The molecule has 0 spiro atoms. The molecule has 8 heteroatoms. The van der Waals surface area contributed by atoms with Crippen LogP contribution in [0.15, 0.2) is 48.5 Å². The van der Waals surface area contributed by atoms with Gasteiger partial charge in [0.25, 0.3) is 0 Å². The van der Waals surface area contributed by atoms with Gasteiger partial charge in [-0.05, 0) is 68.8 Å². The highest BCUT2D eigenvalue weighted by Crippen LogP contribution is 2.27. The quantitative estimate of drug-likeness (QED) is 0.420. The van der Waals surface area contributed by atoms with Gasteiger partial charge in [0, 0.05) is 34.2 Å². The third kappa shape index (κ3) is 6.61. The average Bonchev–Trinajstić information content (AvgIpc) is 2.67. The van der Waals surface area contributed by atoms with E-state index in [9.17, 15) is 4.79 Å². The summed E-state index contributed by atoms with van der Waals surface area (Å²) in [5.41, 5.74) is 3.35. The normalized spacial score (nSPS) is 10.5. The van der Waals surface area contributed by atoms with Crippen molar-refractivity contribution in [2.24, 2.45) is 0 Å². The maximum absolute atomic E-state index is 12.1. The van der Waals surface area contributed by atoms with Gasteiger partial charge in [-0.25, -0.2) is 9.97 Å². The zero-order valence-corrected chi connectivity index (χ0v) is 18.2. The van der Waals surface area contributed by atoms with E-state index in [4.69, 9.17) is 27.9 Å². The highest BCUT2D eigenvalue weighted by atomic mass is 35.5. The number of amides is 1. The molecule has 0 aliphatic heterocycles. The fourth-order valence-corrected chi connectivity index (χ4v) is 3.24. The van der Waals surface area contributed by atoms with Crippen LogP contribution >= 0.6 is 23.2 Å². The molecule has 0 saturated heterocycles. The van der Waals surface area contributed by atoms with E-state index in [0.29, 0.717) is 46.9 Å². The summed E-state index contributed by atoms with van der Waals surface area (Å²) < 4.78 is 5.59. The number of aryl methyl sites for hydroxylation is 2. The molecule has 1 amide bonds. The zero-order valence-electron chi connectivity index (χ0n) is 16.7. The van der Waals surface area contributed by atoms with Gasteiger partial charge in [-0.15, -0.1) is 0 Å². The first-order chi connectivity index (χ1) is 14.4. The summed E-state index contributed by atoms with van der Waals surface area (Å²) in [6, 6.07) is 14.3. The summed E-state index contributed by atoms with van der Waals surface area (Å²) >= 11 is 11.9. The summed E-state index contributed by atoms with van der Waals surface area (Å²) in [5.74, 6) is 1.02. The summed E-state index contributed by atoms with van der Waals surface area (Å²) in [4.78, 5) is 20.9. The third-order valence-electron chi connectivity index (χ3n) is 4.11. The van der Waals surface area contributed by atoms with E-state index in [2.05, 4.69) is 20.6 Å². The maximum Gasteiger partial charge on any atom is 0.227 e. The highest BCUT2D eigenvalue weighted by molar-refractivity contribution is 6.35. The Labute approximate surface area is 185 Å². The van der Waals surface area contributed by atoms with E-state index in [0.717, 1.165) is 17.1 Å². The van der Waals surface area contributed by atoms with Crippen LogP contribution in [-0.4, -0.2) is 22.5 Å². The Morgan fingerprint density at radius 2 is 1.63 bits per heavy atom. The Hall–Kier alpha value is -2.83. The largest absolute Gasteiger partial charge is 0.492 e. The molecule has 30 heavy (non-hydrogen) atoms. The van der Waals surface area contributed by atoms with E-state index in [1.807, 2.05) is 44.2 Å². The van der Waals surface area contributed by atoms with Crippen molar-refractivity contribution in [1.29, 1.82) is 0 Å². The van der Waals surface area contributed by atoms with Crippen LogP contribution in [0.5, 0.6) is 5.75 Å². The number of aromatic nitrogens is 2. The predicted octanol–water partition coefficient (Wildman–Crippen LogP) is 5.94. The van der Waals surface area contributed by atoms with E-state index >= 15 is 0 Å². The first kappa shape index (κ1) is 21.9. The molecule has 0 unspecified atom stereocenters. The minimum Gasteiger partial charge on any atom is -0.492 e. The van der Waals surface area contributed by atoms with Crippen molar-refractivity contribution >= 4 is 46.4 Å². The van der Waals surface area contributed by atoms with Crippen molar-refractivity contribution in [1.82, 2.24) is 9.97 Å². The second-order valence-corrected chi connectivity index (χ2v) is 7.60. The van der Waals surface area contributed by atoms with Gasteiger partial charge < -0.3 is 15.4 Å². The maximum atomic E-state index is 12.1. The number of carbonyl (C=O) groups is 1. The number of nitrogens with zero attached hydrogens (tertiary/aromatic N) is 2. The van der Waals surface area contributed by atoms with E-state index < -0.39 is 0 Å². The SMILES string of the molecule is Cc1cc(C)nc(Nc2ccc(NC(=O)CCCOc3ccc(Cl)cc3Cl)cc2)n1. The number of hydrogen-bond acceptors (Lipinski definition) is 5. The van der Waals surface area contributed by atoms with Crippen LogP contribution in [0.4, 0.5) is 17.3 Å². The van der Waals surface area contributed by atoms with Crippen LogP contribution in [0.1, 0.15) is 24.2 Å². The number of hydrogen-bond donors (Lipinski definition) is 2. The van der Waals surface area contributed by atoms with Gasteiger partial charge >= 0.3 is 0 Å². The molecule has 3 rings (SSSR count). The lowest BCUT2D eigenvalue weighted by atomic mass is 10.2. The fraction of sp³-hybridized carbons (Fsp3) is 0.227. The Balaban J connectivity index is 1.44. The number of halogens is 2. The number of carbonyl (C=O) groups excluding carboxylic acids is 1.